The summed E-state index contributed by atoms with van der Waals surface area (Å²) in [5.74, 6) is 1.57. The first-order chi connectivity index (χ1) is 22.9. The molecule has 5 rings (SSSR count). The van der Waals surface area contributed by atoms with Crippen LogP contribution in [0.3, 0.4) is 0 Å². The molecule has 0 aromatic carbocycles. The second-order valence-corrected chi connectivity index (χ2v) is 15.1. The highest BCUT2D eigenvalue weighted by atomic mass is 79.9. The molecule has 3 heterocycles. The van der Waals surface area contributed by atoms with Gasteiger partial charge in [-0.1, -0.05) is 50.7 Å². The fraction of sp³-hybridized carbons (Fsp3) is 0.605. The Kier molecular flexibility index (Phi) is 13.2. The van der Waals surface area contributed by atoms with Crippen molar-refractivity contribution in [1.82, 2.24) is 19.7 Å². The summed E-state index contributed by atoms with van der Waals surface area (Å²) >= 11 is 3.39. The third-order valence-corrected chi connectivity index (χ3v) is 9.82. The minimum atomic E-state index is -0.441. The molecule has 0 spiro atoms. The minimum Gasteiger partial charge on any atom is -0.466 e. The van der Waals surface area contributed by atoms with Crippen LogP contribution in [-0.4, -0.2) is 44.9 Å². The number of carbonyl (C=O) groups is 2. The minimum absolute atomic E-state index is 0.0449. The molecule has 0 atom stereocenters. The van der Waals surface area contributed by atoms with E-state index in [9.17, 15) is 9.59 Å². The van der Waals surface area contributed by atoms with Crippen LogP contribution in [0.15, 0.2) is 47.1 Å². The van der Waals surface area contributed by atoms with Crippen LogP contribution in [0.4, 0.5) is 11.6 Å². The third-order valence-electron chi connectivity index (χ3n) is 9.38. The molecule has 2 aliphatic rings. The van der Waals surface area contributed by atoms with Crippen molar-refractivity contribution in [3.63, 3.8) is 0 Å². The van der Waals surface area contributed by atoms with Crippen molar-refractivity contribution in [2.45, 2.75) is 124 Å². The van der Waals surface area contributed by atoms with Gasteiger partial charge in [0.1, 0.15) is 16.2 Å². The number of carbonyl (C=O) groups excluding carboxylic acids is 2. The van der Waals surface area contributed by atoms with E-state index >= 15 is 0 Å². The first kappa shape index (κ1) is 37.5. The largest absolute Gasteiger partial charge is 0.466 e. The summed E-state index contributed by atoms with van der Waals surface area (Å²) in [4.78, 5) is 34.4. The van der Waals surface area contributed by atoms with E-state index in [2.05, 4.69) is 52.1 Å². The smallest absolute Gasteiger partial charge is 0.312 e. The van der Waals surface area contributed by atoms with Crippen molar-refractivity contribution in [3.05, 3.63) is 64.1 Å². The van der Waals surface area contributed by atoms with Crippen LogP contribution in [0, 0.1) is 17.8 Å². The Morgan fingerprint density at radius 1 is 0.812 bits per heavy atom. The summed E-state index contributed by atoms with van der Waals surface area (Å²) in [5.41, 5.74) is 1.91. The van der Waals surface area contributed by atoms with Gasteiger partial charge in [0.05, 0.1) is 35.3 Å². The van der Waals surface area contributed by atoms with Crippen molar-refractivity contribution in [2.24, 2.45) is 10.8 Å². The Labute approximate surface area is 295 Å². The van der Waals surface area contributed by atoms with E-state index in [0.29, 0.717) is 26.1 Å². The Balaban J connectivity index is 0.000000237. The molecule has 3 aromatic rings. The molecule has 2 saturated carbocycles. The van der Waals surface area contributed by atoms with E-state index in [1.54, 1.807) is 0 Å². The van der Waals surface area contributed by atoms with E-state index in [0.717, 1.165) is 84.7 Å². The number of aryl methyl sites for hydroxylation is 1. The highest BCUT2D eigenvalue weighted by molar-refractivity contribution is 9.10. The van der Waals surface area contributed by atoms with Gasteiger partial charge in [0.2, 0.25) is 0 Å². The molecular weight excluding hydrogens is 670 g/mol. The zero-order valence-electron chi connectivity index (χ0n) is 29.7. The SMILES string of the molecule is CCOC(=O)C1(Cc2cccc(Br)n2)CCCCC1.CCOC(=O)C1(Cc2cccc(Nc3cc(C)nn3C(C)(C)C)n2)CCCCC1. The molecule has 2 fully saturated rings. The first-order valence-corrected chi connectivity index (χ1v) is 18.4. The molecular formula is C38H54BrN5O4. The number of ether oxygens (including phenoxy) is 2. The van der Waals surface area contributed by atoms with Crippen LogP contribution in [0.2, 0.25) is 0 Å². The fourth-order valence-corrected chi connectivity index (χ4v) is 7.43. The second-order valence-electron chi connectivity index (χ2n) is 14.3. The Morgan fingerprint density at radius 2 is 1.31 bits per heavy atom. The monoisotopic (exact) mass is 723 g/mol. The summed E-state index contributed by atoms with van der Waals surface area (Å²) in [5, 5.41) is 8.03. The van der Waals surface area contributed by atoms with E-state index in [4.69, 9.17) is 14.5 Å². The predicted octanol–water partition coefficient (Wildman–Crippen LogP) is 9.04. The van der Waals surface area contributed by atoms with Gasteiger partial charge in [-0.2, -0.15) is 5.10 Å². The molecule has 3 aromatic heterocycles. The Bertz CT molecular complexity index is 1500. The van der Waals surface area contributed by atoms with Crippen LogP contribution in [0.1, 0.15) is 116 Å². The number of anilines is 2. The van der Waals surface area contributed by atoms with Crippen LogP contribution in [0.5, 0.6) is 0 Å². The maximum absolute atomic E-state index is 12.8. The van der Waals surface area contributed by atoms with Gasteiger partial charge in [0.25, 0.3) is 0 Å². The zero-order valence-corrected chi connectivity index (χ0v) is 31.3. The topological polar surface area (TPSA) is 108 Å². The molecule has 0 amide bonds. The van der Waals surface area contributed by atoms with Crippen LogP contribution < -0.4 is 5.32 Å². The number of rotatable bonds is 10. The number of pyridine rings is 2. The number of nitrogens with zero attached hydrogens (tertiary/aromatic N) is 4. The lowest BCUT2D eigenvalue weighted by molar-refractivity contribution is -0.158. The standard InChI is InChI=1S/C23H34N4O2.C15H20BrNO2/c1-6-29-21(28)23(13-8-7-9-14-23)16-18-11-10-12-19(24-18)25-20-15-17(2)26-27(20)22(3,4)5;1-2-19-14(18)15(9-4-3-5-10-15)11-12-7-6-8-13(16)17-12/h10-12,15H,6-9,13-14,16H2,1-5H3,(H,24,25);6-8H,2-5,9-11H2,1H3. The lowest BCUT2D eigenvalue weighted by Gasteiger charge is -2.34. The molecule has 48 heavy (non-hydrogen) atoms. The average Bonchev–Trinajstić information content (AvgIpc) is 3.43. The number of hydrogen-bond donors (Lipinski definition) is 1. The molecule has 262 valence electrons. The quantitative estimate of drug-likeness (QED) is 0.163. The highest BCUT2D eigenvalue weighted by Crippen LogP contribution is 2.41. The fourth-order valence-electron chi connectivity index (χ4n) is 7.05. The lowest BCUT2D eigenvalue weighted by atomic mass is 9.71. The predicted molar refractivity (Wildman–Crippen MR) is 193 cm³/mol. The zero-order chi connectivity index (χ0) is 34.8. The van der Waals surface area contributed by atoms with Gasteiger partial charge in [-0.3, -0.25) is 9.59 Å². The Hall–Kier alpha value is -3.27. The number of halogens is 1. The maximum Gasteiger partial charge on any atom is 0.312 e. The van der Waals surface area contributed by atoms with Crippen LogP contribution >= 0.6 is 15.9 Å². The van der Waals surface area contributed by atoms with E-state index in [1.807, 2.05) is 67.9 Å². The molecule has 0 saturated heterocycles. The molecule has 0 aliphatic heterocycles. The van der Waals surface area contributed by atoms with Crippen LogP contribution in [-0.2, 0) is 37.4 Å². The number of esters is 2. The third kappa shape index (κ3) is 9.89. The Morgan fingerprint density at radius 3 is 1.79 bits per heavy atom. The normalized spacial score (nSPS) is 17.1. The van der Waals surface area contributed by atoms with Gasteiger partial charge < -0.3 is 14.8 Å². The van der Waals surface area contributed by atoms with E-state index in [-0.39, 0.29) is 22.9 Å². The lowest BCUT2D eigenvalue weighted by Crippen LogP contribution is -2.37. The first-order valence-electron chi connectivity index (χ1n) is 17.7. The molecule has 10 heteroatoms. The van der Waals surface area contributed by atoms with Crippen molar-refractivity contribution < 1.29 is 19.1 Å². The molecule has 0 bridgehead atoms. The summed E-state index contributed by atoms with van der Waals surface area (Å²) < 4.78 is 13.6. The number of aromatic nitrogens is 4. The second kappa shape index (κ2) is 16.9. The van der Waals surface area contributed by atoms with E-state index < -0.39 is 5.41 Å². The number of hydrogen-bond acceptors (Lipinski definition) is 8. The van der Waals surface area contributed by atoms with Gasteiger partial charge in [-0.05, 0) is 107 Å². The van der Waals surface area contributed by atoms with E-state index in [1.165, 1.54) is 12.8 Å². The summed E-state index contributed by atoms with van der Waals surface area (Å²) in [6, 6.07) is 13.8. The summed E-state index contributed by atoms with van der Waals surface area (Å²) in [7, 11) is 0. The van der Waals surface area contributed by atoms with Crippen molar-refractivity contribution in [2.75, 3.05) is 18.5 Å². The van der Waals surface area contributed by atoms with Crippen molar-refractivity contribution >= 4 is 39.5 Å². The average molecular weight is 725 g/mol. The molecule has 1 N–H and O–H groups in total. The van der Waals surface area contributed by atoms with Gasteiger partial charge >= 0.3 is 11.9 Å². The highest BCUT2D eigenvalue weighted by Gasteiger charge is 2.42. The van der Waals surface area contributed by atoms with Crippen molar-refractivity contribution in [3.8, 4) is 0 Å². The molecule has 9 nitrogen and oxygen atoms in total. The van der Waals surface area contributed by atoms with Gasteiger partial charge in [0.15, 0.2) is 0 Å². The van der Waals surface area contributed by atoms with Crippen LogP contribution in [0.25, 0.3) is 0 Å². The van der Waals surface area contributed by atoms with Gasteiger partial charge in [-0.15, -0.1) is 0 Å². The van der Waals surface area contributed by atoms with Gasteiger partial charge in [-0.25, -0.2) is 14.6 Å². The number of nitrogens with one attached hydrogen (secondary N) is 1. The molecule has 2 aliphatic carbocycles. The molecule has 0 radical (unpaired) electrons. The maximum atomic E-state index is 12.8. The molecule has 0 unspecified atom stereocenters. The summed E-state index contributed by atoms with van der Waals surface area (Å²) in [6.07, 6.45) is 11.6. The van der Waals surface area contributed by atoms with Crippen molar-refractivity contribution in [1.29, 1.82) is 0 Å². The summed E-state index contributed by atoms with van der Waals surface area (Å²) in [6.45, 7) is 13.0. The van der Waals surface area contributed by atoms with Gasteiger partial charge in [0, 0.05) is 30.3 Å².